The number of unbranched alkanes of at least 4 members (excludes halogenated alkanes) is 2. The molecule has 0 spiro atoms. The highest BCUT2D eigenvalue weighted by Crippen LogP contribution is 2.09. The van der Waals surface area contributed by atoms with E-state index in [4.69, 9.17) is 4.74 Å². The summed E-state index contributed by atoms with van der Waals surface area (Å²) in [5, 5.41) is 0. The molecule has 2 aromatic heterocycles. The second-order valence-electron chi connectivity index (χ2n) is 6.64. The van der Waals surface area contributed by atoms with Gasteiger partial charge in [-0.1, -0.05) is 33.6 Å². The lowest BCUT2D eigenvalue weighted by atomic mass is 10.2. The van der Waals surface area contributed by atoms with E-state index in [9.17, 15) is 14.4 Å². The van der Waals surface area contributed by atoms with Gasteiger partial charge < -0.3 is 4.74 Å². The van der Waals surface area contributed by atoms with Crippen molar-refractivity contribution in [2.75, 3.05) is 0 Å². The lowest BCUT2D eigenvalue weighted by molar-refractivity contribution is -0.147. The molecule has 2 rings (SSSR count). The minimum Gasteiger partial charge on any atom is -0.444 e. The van der Waals surface area contributed by atoms with Crippen LogP contribution in [0.1, 0.15) is 46.5 Å². The fourth-order valence-corrected chi connectivity index (χ4v) is 2.67. The number of esters is 1. The zero-order valence-electron chi connectivity index (χ0n) is 15.3. The Balaban J connectivity index is 2.31. The molecule has 0 N–H and O–H groups in total. The van der Waals surface area contributed by atoms with E-state index in [2.05, 4.69) is 11.9 Å². The first-order valence-corrected chi connectivity index (χ1v) is 8.67. The number of carbonyl (C=O) groups is 1. The van der Waals surface area contributed by atoms with E-state index in [0.29, 0.717) is 18.6 Å². The Bertz CT molecular complexity index is 860. The van der Waals surface area contributed by atoms with Crippen LogP contribution in [0.4, 0.5) is 0 Å². The van der Waals surface area contributed by atoms with Crippen LogP contribution in [0.5, 0.6) is 0 Å². The number of hydrogen-bond donors (Lipinski definition) is 0. The lowest BCUT2D eigenvalue weighted by Crippen LogP contribution is -2.39. The summed E-state index contributed by atoms with van der Waals surface area (Å²) in [4.78, 5) is 40.8. The average Bonchev–Trinajstić information content (AvgIpc) is 2.99. The summed E-state index contributed by atoms with van der Waals surface area (Å²) in [6.07, 6.45) is 4.59. The van der Waals surface area contributed by atoms with Crippen molar-refractivity contribution in [3.05, 3.63) is 27.2 Å². The molecule has 0 aliphatic carbocycles. The first kappa shape index (κ1) is 19.0. The standard InChI is InChI=1S/C17H26N4O4/c1-5-6-7-8-13(22)25-11-20-10-18-15-14(20)16(23)19(4)17(24)21(15)9-12(2)3/h10,12H,5-9,11H2,1-4H3. The molecule has 0 aromatic carbocycles. The van der Waals surface area contributed by atoms with E-state index in [1.54, 1.807) is 0 Å². The number of fused-ring (bicyclic) bond motifs is 1. The van der Waals surface area contributed by atoms with Gasteiger partial charge in [0.1, 0.15) is 6.33 Å². The molecule has 8 nitrogen and oxygen atoms in total. The number of nitrogens with zero attached hydrogens (tertiary/aromatic N) is 4. The number of hydrogen-bond acceptors (Lipinski definition) is 5. The van der Waals surface area contributed by atoms with Crippen LogP contribution in [-0.2, 0) is 29.9 Å². The Morgan fingerprint density at radius 1 is 1.28 bits per heavy atom. The molecule has 0 bridgehead atoms. The Kier molecular flexibility index (Phi) is 6.17. The average molecular weight is 350 g/mol. The molecule has 0 atom stereocenters. The van der Waals surface area contributed by atoms with Gasteiger partial charge in [0.2, 0.25) is 0 Å². The maximum absolute atomic E-state index is 12.5. The van der Waals surface area contributed by atoms with Gasteiger partial charge in [-0.15, -0.1) is 0 Å². The van der Waals surface area contributed by atoms with Crippen molar-refractivity contribution in [3.8, 4) is 0 Å². The van der Waals surface area contributed by atoms with Crippen LogP contribution in [0.3, 0.4) is 0 Å². The molecule has 0 fully saturated rings. The quantitative estimate of drug-likeness (QED) is 0.533. The highest BCUT2D eigenvalue weighted by atomic mass is 16.5. The second kappa shape index (κ2) is 8.13. The molecule has 0 saturated heterocycles. The van der Waals surface area contributed by atoms with Crippen molar-refractivity contribution in [2.24, 2.45) is 13.0 Å². The first-order valence-electron chi connectivity index (χ1n) is 8.67. The predicted molar refractivity (Wildman–Crippen MR) is 94.3 cm³/mol. The molecule has 0 radical (unpaired) electrons. The van der Waals surface area contributed by atoms with Crippen LogP contribution in [-0.4, -0.2) is 24.7 Å². The van der Waals surface area contributed by atoms with E-state index in [-0.39, 0.29) is 24.1 Å². The van der Waals surface area contributed by atoms with Gasteiger partial charge in [-0.3, -0.25) is 23.3 Å². The molecular weight excluding hydrogens is 324 g/mol. The number of rotatable bonds is 8. The molecule has 25 heavy (non-hydrogen) atoms. The Morgan fingerprint density at radius 2 is 2.00 bits per heavy atom. The molecule has 8 heteroatoms. The van der Waals surface area contributed by atoms with Gasteiger partial charge in [0.25, 0.3) is 5.56 Å². The highest BCUT2D eigenvalue weighted by Gasteiger charge is 2.17. The molecule has 0 amide bonds. The minimum atomic E-state index is -0.445. The maximum Gasteiger partial charge on any atom is 0.332 e. The number of ether oxygens (including phenoxy) is 1. The fraction of sp³-hybridized carbons (Fsp3) is 0.647. The number of aromatic nitrogens is 4. The van der Waals surface area contributed by atoms with Crippen LogP contribution >= 0.6 is 0 Å². The first-order chi connectivity index (χ1) is 11.9. The molecular formula is C17H26N4O4. The molecule has 2 heterocycles. The monoisotopic (exact) mass is 350 g/mol. The fourth-order valence-electron chi connectivity index (χ4n) is 2.67. The maximum atomic E-state index is 12.5. The van der Waals surface area contributed by atoms with Gasteiger partial charge in [-0.05, 0) is 12.3 Å². The summed E-state index contributed by atoms with van der Waals surface area (Å²) in [7, 11) is 1.44. The SMILES string of the molecule is CCCCCC(=O)OCn1cnc2c1c(=O)n(C)c(=O)n2CC(C)C. The Hall–Kier alpha value is -2.38. The number of imidazole rings is 1. The van der Waals surface area contributed by atoms with Crippen molar-refractivity contribution in [1.29, 1.82) is 0 Å². The van der Waals surface area contributed by atoms with Gasteiger partial charge in [0.15, 0.2) is 17.9 Å². The van der Waals surface area contributed by atoms with Crippen LogP contribution in [0.15, 0.2) is 15.9 Å². The topological polar surface area (TPSA) is 88.1 Å². The summed E-state index contributed by atoms with van der Waals surface area (Å²) in [6.45, 7) is 6.40. The highest BCUT2D eigenvalue weighted by molar-refractivity contribution is 5.71. The largest absolute Gasteiger partial charge is 0.444 e. The normalized spacial score (nSPS) is 11.4. The van der Waals surface area contributed by atoms with Gasteiger partial charge in [0, 0.05) is 20.0 Å². The third kappa shape index (κ3) is 4.18. The molecule has 2 aromatic rings. The van der Waals surface area contributed by atoms with Crippen molar-refractivity contribution in [1.82, 2.24) is 18.7 Å². The third-order valence-corrected chi connectivity index (χ3v) is 4.00. The predicted octanol–water partition coefficient (Wildman–Crippen LogP) is 1.63. The van der Waals surface area contributed by atoms with Crippen molar-refractivity contribution in [3.63, 3.8) is 0 Å². The van der Waals surface area contributed by atoms with E-state index in [1.807, 2.05) is 13.8 Å². The zero-order chi connectivity index (χ0) is 18.6. The Labute approximate surface area is 146 Å². The van der Waals surface area contributed by atoms with E-state index < -0.39 is 11.2 Å². The van der Waals surface area contributed by atoms with Gasteiger partial charge in [-0.25, -0.2) is 9.78 Å². The van der Waals surface area contributed by atoms with E-state index in [1.165, 1.54) is 22.5 Å². The smallest absolute Gasteiger partial charge is 0.332 e. The van der Waals surface area contributed by atoms with Crippen LogP contribution < -0.4 is 11.2 Å². The van der Waals surface area contributed by atoms with Crippen molar-refractivity contribution in [2.45, 2.75) is 59.7 Å². The molecule has 0 aliphatic rings. The summed E-state index contributed by atoms with van der Waals surface area (Å²) in [5.74, 6) is -0.0810. The summed E-state index contributed by atoms with van der Waals surface area (Å²) in [6, 6.07) is 0. The molecule has 0 aliphatic heterocycles. The zero-order valence-corrected chi connectivity index (χ0v) is 15.3. The van der Waals surface area contributed by atoms with Crippen LogP contribution in [0.2, 0.25) is 0 Å². The van der Waals surface area contributed by atoms with Gasteiger partial charge in [0.05, 0.1) is 0 Å². The van der Waals surface area contributed by atoms with Crippen molar-refractivity contribution >= 4 is 17.1 Å². The second-order valence-corrected chi connectivity index (χ2v) is 6.64. The van der Waals surface area contributed by atoms with Crippen molar-refractivity contribution < 1.29 is 9.53 Å². The summed E-state index contributed by atoms with van der Waals surface area (Å²) in [5.41, 5.74) is -0.250. The van der Waals surface area contributed by atoms with Crippen LogP contribution in [0.25, 0.3) is 11.2 Å². The van der Waals surface area contributed by atoms with E-state index >= 15 is 0 Å². The van der Waals surface area contributed by atoms with Gasteiger partial charge >= 0.3 is 11.7 Å². The molecule has 0 unspecified atom stereocenters. The van der Waals surface area contributed by atoms with Gasteiger partial charge in [-0.2, -0.15) is 0 Å². The summed E-state index contributed by atoms with van der Waals surface area (Å²) < 4.78 is 9.26. The number of carbonyl (C=O) groups excluding carboxylic acids is 1. The lowest BCUT2D eigenvalue weighted by Gasteiger charge is -2.12. The van der Waals surface area contributed by atoms with Crippen LogP contribution in [0, 0.1) is 5.92 Å². The Morgan fingerprint density at radius 3 is 2.64 bits per heavy atom. The third-order valence-electron chi connectivity index (χ3n) is 4.00. The minimum absolute atomic E-state index is 0.0867. The molecule has 138 valence electrons. The summed E-state index contributed by atoms with van der Waals surface area (Å²) >= 11 is 0. The molecule has 0 saturated carbocycles. The van der Waals surface area contributed by atoms with E-state index in [0.717, 1.165) is 23.8 Å².